The molecule has 342 valence electrons. The zero-order chi connectivity index (χ0) is 45.6. The van der Waals surface area contributed by atoms with Crippen LogP contribution in [0.15, 0.2) is 113 Å². The third kappa shape index (κ3) is 9.59. The fraction of sp³-hybridized carbons (Fsp3) is 0.469. The zero-order valence-electron chi connectivity index (χ0n) is 37.1. The minimum absolute atomic E-state index is 0.0280. The van der Waals surface area contributed by atoms with Gasteiger partial charge in [-0.3, -0.25) is 15.1 Å². The molecule has 1 fully saturated rings. The number of hydrogen-bond donors (Lipinski definition) is 2. The Morgan fingerprint density at radius 2 is 1.75 bits per heavy atom. The first-order chi connectivity index (χ1) is 30.8. The average Bonchev–Trinajstić information content (AvgIpc) is 3.27. The van der Waals surface area contributed by atoms with Crippen molar-refractivity contribution >= 4 is 32.3 Å². The molecule has 0 spiro atoms. The van der Waals surface area contributed by atoms with Crippen molar-refractivity contribution in [1.82, 2.24) is 9.29 Å². The predicted octanol–water partition coefficient (Wildman–Crippen LogP) is 9.47. The van der Waals surface area contributed by atoms with Crippen LogP contribution in [0.2, 0.25) is 0 Å². The minimum atomic E-state index is -4.33. The number of nitro benzene ring substituents is 1. The van der Waals surface area contributed by atoms with Gasteiger partial charge in [0, 0.05) is 55.3 Å². The summed E-state index contributed by atoms with van der Waals surface area (Å²) in [5.41, 5.74) is 1.78. The maximum Gasteiger partial charge on any atom is 0.273 e. The first-order valence-electron chi connectivity index (χ1n) is 22.3. The molecule has 0 radical (unpaired) electrons. The van der Waals surface area contributed by atoms with E-state index in [1.165, 1.54) is 16.4 Å². The molecule has 2 N–H and O–H groups in total. The molecule has 4 aromatic rings. The molecule has 0 unspecified atom stereocenters. The first-order valence-corrected chi connectivity index (χ1v) is 23.7. The molecule has 2 heterocycles. The van der Waals surface area contributed by atoms with Gasteiger partial charge in [0.1, 0.15) is 27.7 Å². The monoisotopic (exact) mass is 896 g/mol. The number of aromatic nitrogens is 1. The lowest BCUT2D eigenvalue weighted by Gasteiger charge is -2.59. The molecule has 3 aliphatic rings. The van der Waals surface area contributed by atoms with E-state index in [0.717, 1.165) is 24.0 Å². The number of unbranched alkanes of at least 4 members (excludes halogenated alkanes) is 2. The zero-order valence-corrected chi connectivity index (χ0v) is 37.9. The second-order valence-corrected chi connectivity index (χ2v) is 19.6. The van der Waals surface area contributed by atoms with Crippen molar-refractivity contribution < 1.29 is 42.6 Å². The molecule has 3 aromatic carbocycles. The Bertz CT molecular complexity index is 2480. The summed E-state index contributed by atoms with van der Waals surface area (Å²) < 4.78 is 53.3. The summed E-state index contributed by atoms with van der Waals surface area (Å²) >= 11 is 0. The van der Waals surface area contributed by atoms with E-state index in [1.807, 2.05) is 45.9 Å². The highest BCUT2D eigenvalue weighted by Crippen LogP contribution is 2.62. The number of allylic oxidation sites excluding steroid dienone is 1. The number of non-ortho nitro benzene ring substituents is 1. The Morgan fingerprint density at radius 1 is 1.02 bits per heavy atom. The number of benzene rings is 3. The molecule has 15 heteroatoms. The molecule has 0 saturated heterocycles. The smallest absolute Gasteiger partial charge is 0.273 e. The minimum Gasteiger partial charge on any atom is -0.460 e. The topological polar surface area (TPSA) is 183 Å². The van der Waals surface area contributed by atoms with Crippen LogP contribution in [0.25, 0.3) is 10.9 Å². The number of nitro groups is 1. The molecule has 14 nitrogen and oxygen atoms in total. The number of rotatable bonds is 20. The van der Waals surface area contributed by atoms with Crippen LogP contribution in [0.5, 0.6) is 17.2 Å². The van der Waals surface area contributed by atoms with E-state index in [4.69, 9.17) is 24.2 Å². The normalized spacial score (nSPS) is 23.5. The summed E-state index contributed by atoms with van der Waals surface area (Å²) in [5.74, 6) is -1.57. The van der Waals surface area contributed by atoms with Crippen LogP contribution < -0.4 is 9.47 Å². The Balaban J connectivity index is 1.50. The summed E-state index contributed by atoms with van der Waals surface area (Å²) in [6.07, 6.45) is 10.2. The van der Waals surface area contributed by atoms with E-state index in [1.54, 1.807) is 54.7 Å². The van der Waals surface area contributed by atoms with Gasteiger partial charge in [-0.2, -0.15) is 4.31 Å². The Kier molecular flexibility index (Phi) is 14.6. The summed E-state index contributed by atoms with van der Waals surface area (Å²) in [5, 5.41) is 37.2. The van der Waals surface area contributed by atoms with E-state index in [9.17, 15) is 20.3 Å². The van der Waals surface area contributed by atoms with E-state index in [0.29, 0.717) is 60.2 Å². The highest BCUT2D eigenvalue weighted by molar-refractivity contribution is 7.89. The third-order valence-electron chi connectivity index (χ3n) is 12.3. The van der Waals surface area contributed by atoms with Gasteiger partial charge in [-0.1, -0.05) is 61.3 Å². The fourth-order valence-electron chi connectivity index (χ4n) is 9.75. The van der Waals surface area contributed by atoms with Gasteiger partial charge in [-0.25, -0.2) is 8.42 Å². The fourth-order valence-corrected chi connectivity index (χ4v) is 11.6. The number of ether oxygens (including phenoxy) is 3. The maximum absolute atomic E-state index is 15.5. The SMILES string of the molecule is C=CCO[C@@]12Oc3ccc(Oc4cccc([N+](=O)[O-])c4)cc3[C@H]3[C@H](CCCCO)[C@@H](CCCCO)C=C(C(=NOC(C)(C)C)C[C@@H]1N(CCC)S(=O)(=O)c1cccc4cccnc14)[C@H]32. The van der Waals surface area contributed by atoms with E-state index in [-0.39, 0.29) is 66.9 Å². The molecule has 2 aliphatic carbocycles. The van der Waals surface area contributed by atoms with Gasteiger partial charge in [0.15, 0.2) is 0 Å². The second-order valence-electron chi connectivity index (χ2n) is 17.8. The van der Waals surface area contributed by atoms with Gasteiger partial charge in [-0.15, -0.1) is 6.58 Å². The summed E-state index contributed by atoms with van der Waals surface area (Å²) in [4.78, 5) is 22.1. The van der Waals surface area contributed by atoms with Crippen molar-refractivity contribution in [2.75, 3.05) is 26.4 Å². The number of fused-ring (bicyclic) bond motifs is 3. The van der Waals surface area contributed by atoms with Crippen LogP contribution in [0, 0.1) is 27.9 Å². The van der Waals surface area contributed by atoms with Crippen molar-refractivity contribution in [2.24, 2.45) is 22.9 Å². The summed E-state index contributed by atoms with van der Waals surface area (Å²) in [6, 6.07) is 19.2. The number of aliphatic hydroxyl groups excluding tert-OH is 2. The molecule has 1 aliphatic heterocycles. The maximum atomic E-state index is 15.5. The molecule has 7 rings (SSSR count). The highest BCUT2D eigenvalue weighted by atomic mass is 32.2. The largest absolute Gasteiger partial charge is 0.460 e. The van der Waals surface area contributed by atoms with Gasteiger partial charge in [0.05, 0.1) is 40.8 Å². The van der Waals surface area contributed by atoms with Crippen LogP contribution in [-0.4, -0.2) is 82.4 Å². The molecular formula is C49H60N4O10S. The Morgan fingerprint density at radius 3 is 2.47 bits per heavy atom. The van der Waals surface area contributed by atoms with Crippen molar-refractivity contribution in [3.05, 3.63) is 119 Å². The highest BCUT2D eigenvalue weighted by Gasteiger charge is 2.66. The van der Waals surface area contributed by atoms with Gasteiger partial charge < -0.3 is 29.3 Å². The van der Waals surface area contributed by atoms with Gasteiger partial charge in [-0.05, 0) is 107 Å². The number of oxime groups is 1. The van der Waals surface area contributed by atoms with Crippen LogP contribution in [0.3, 0.4) is 0 Å². The van der Waals surface area contributed by atoms with Crippen LogP contribution in [0.4, 0.5) is 5.69 Å². The molecule has 64 heavy (non-hydrogen) atoms. The van der Waals surface area contributed by atoms with E-state index >= 15 is 8.42 Å². The lowest BCUT2D eigenvalue weighted by molar-refractivity contribution is -0.384. The van der Waals surface area contributed by atoms with Crippen molar-refractivity contribution in [3.63, 3.8) is 0 Å². The Hall–Kier alpha value is -5.19. The number of sulfonamides is 1. The molecule has 6 atom stereocenters. The van der Waals surface area contributed by atoms with Crippen LogP contribution >= 0.6 is 0 Å². The van der Waals surface area contributed by atoms with Gasteiger partial charge in [0.2, 0.25) is 15.8 Å². The van der Waals surface area contributed by atoms with Crippen molar-refractivity contribution in [2.45, 2.75) is 107 Å². The number of aliphatic hydroxyl groups is 2. The molecule has 0 amide bonds. The number of nitrogens with zero attached hydrogens (tertiary/aromatic N) is 4. The summed E-state index contributed by atoms with van der Waals surface area (Å²) in [7, 11) is -4.33. The second kappa shape index (κ2) is 19.9. The number of pyridine rings is 1. The van der Waals surface area contributed by atoms with Crippen LogP contribution in [0.1, 0.15) is 90.5 Å². The predicted molar refractivity (Wildman–Crippen MR) is 245 cm³/mol. The standard InChI is InChI=1S/C49H60N4O10S/c1-6-25-52(64(58,59)43-21-12-16-33-17-14-24-50-47(33)43)44-32-41(51-63-48(3,4)5)39-29-34(15-8-10-26-54)38(20-9-11-27-55)45-40-31-37(61-36-19-13-18-35(30-36)53(56)57)22-23-42(40)62-49(44,46(39)45)60-28-7-2/h7,12-14,16-19,21-24,29-31,34,38,44-46,54-55H,2,6,8-11,15,20,25-28,32H2,1,3-5H3/t34-,38+,44-,45+,46+,49+/m0/s1. The van der Waals surface area contributed by atoms with Crippen molar-refractivity contribution in [3.8, 4) is 17.2 Å². The average molecular weight is 897 g/mol. The molecular weight excluding hydrogens is 837 g/mol. The lowest BCUT2D eigenvalue weighted by Crippen LogP contribution is -2.70. The van der Waals surface area contributed by atoms with Gasteiger partial charge in [0.25, 0.3) is 5.69 Å². The van der Waals surface area contributed by atoms with E-state index in [2.05, 4.69) is 17.6 Å². The van der Waals surface area contributed by atoms with Crippen molar-refractivity contribution in [1.29, 1.82) is 0 Å². The molecule has 1 aromatic heterocycles. The molecule has 0 bridgehead atoms. The Labute approximate surface area is 375 Å². The lowest BCUT2D eigenvalue weighted by atomic mass is 9.55. The quantitative estimate of drug-likeness (QED) is 0.0373. The van der Waals surface area contributed by atoms with Gasteiger partial charge >= 0.3 is 0 Å². The number of para-hydroxylation sites is 1. The number of hydrogen-bond acceptors (Lipinski definition) is 12. The van der Waals surface area contributed by atoms with E-state index < -0.39 is 38.3 Å². The third-order valence-corrected chi connectivity index (χ3v) is 14.3. The molecule has 1 saturated carbocycles. The first kappa shape index (κ1) is 46.8. The summed E-state index contributed by atoms with van der Waals surface area (Å²) in [6.45, 7) is 11.9. The van der Waals surface area contributed by atoms with Crippen LogP contribution in [-0.2, 0) is 19.6 Å².